The van der Waals surface area contributed by atoms with E-state index in [-0.39, 0.29) is 12.8 Å². The van der Waals surface area contributed by atoms with Gasteiger partial charge in [-0.3, -0.25) is 19.2 Å². The number of hydrogen-bond donors (Lipinski definition) is 8. The molecule has 1 rings (SSSR count). The smallest absolute Gasteiger partial charge is 0.326 e. The highest BCUT2D eigenvalue weighted by atomic mass is 16.4. The molecule has 5 unspecified atom stereocenters. The molecule has 0 aliphatic rings. The summed E-state index contributed by atoms with van der Waals surface area (Å²) >= 11 is 0. The summed E-state index contributed by atoms with van der Waals surface area (Å²) in [5.74, 6) is -5.26. The Morgan fingerprint density at radius 1 is 0.889 bits per heavy atom. The first-order chi connectivity index (χ1) is 17.0. The van der Waals surface area contributed by atoms with Gasteiger partial charge in [0.2, 0.25) is 17.7 Å². The first-order valence-corrected chi connectivity index (χ1v) is 11.5. The molecule has 5 atom stereocenters. The molecule has 0 spiro atoms. The van der Waals surface area contributed by atoms with Crippen LogP contribution in [0.3, 0.4) is 0 Å². The molecule has 0 aromatic heterocycles. The molecule has 1 aromatic carbocycles. The second-order valence-corrected chi connectivity index (χ2v) is 8.37. The molecule has 0 bridgehead atoms. The number of carboxylic acid groups (broad SMARTS) is 2. The molecule has 36 heavy (non-hydrogen) atoms. The van der Waals surface area contributed by atoms with Crippen LogP contribution in [0.1, 0.15) is 38.2 Å². The lowest BCUT2D eigenvalue weighted by Gasteiger charge is -2.26. The second-order valence-electron chi connectivity index (χ2n) is 8.37. The van der Waals surface area contributed by atoms with Crippen molar-refractivity contribution in [2.24, 2.45) is 11.5 Å². The molecule has 10 N–H and O–H groups in total. The van der Waals surface area contributed by atoms with Gasteiger partial charge < -0.3 is 42.7 Å². The van der Waals surface area contributed by atoms with Gasteiger partial charge in [-0.2, -0.15) is 0 Å². The number of nitrogens with two attached hydrogens (primary N) is 2. The van der Waals surface area contributed by atoms with Crippen molar-refractivity contribution in [2.75, 3.05) is 6.54 Å². The number of unbranched alkanes of at least 4 members (excludes halogenated alkanes) is 1. The number of rotatable bonds is 16. The van der Waals surface area contributed by atoms with E-state index < -0.39 is 66.4 Å². The highest BCUT2D eigenvalue weighted by molar-refractivity contribution is 5.95. The Kier molecular flexibility index (Phi) is 13.1. The molecule has 1 aromatic rings. The minimum Gasteiger partial charge on any atom is -0.481 e. The SMILES string of the molecule is CC(O)C(NC(=O)C(N)CC(=O)O)C(=O)NC(Cc1ccccc1)C(=O)NC(CCCCN)C(=O)O. The lowest BCUT2D eigenvalue weighted by atomic mass is 10.0. The van der Waals surface area contributed by atoms with E-state index in [1.807, 2.05) is 0 Å². The highest BCUT2D eigenvalue weighted by Gasteiger charge is 2.32. The van der Waals surface area contributed by atoms with Crippen molar-refractivity contribution >= 4 is 29.7 Å². The van der Waals surface area contributed by atoms with Gasteiger partial charge in [-0.1, -0.05) is 30.3 Å². The third kappa shape index (κ3) is 10.8. The Morgan fingerprint density at radius 2 is 1.50 bits per heavy atom. The second kappa shape index (κ2) is 15.4. The van der Waals surface area contributed by atoms with E-state index in [0.717, 1.165) is 0 Å². The van der Waals surface area contributed by atoms with E-state index in [2.05, 4.69) is 16.0 Å². The van der Waals surface area contributed by atoms with Gasteiger partial charge in [0.15, 0.2) is 0 Å². The summed E-state index contributed by atoms with van der Waals surface area (Å²) in [5, 5.41) is 35.4. The summed E-state index contributed by atoms with van der Waals surface area (Å²) in [7, 11) is 0. The maximum absolute atomic E-state index is 13.0. The third-order valence-corrected chi connectivity index (χ3v) is 5.27. The van der Waals surface area contributed by atoms with Crippen molar-refractivity contribution in [3.8, 4) is 0 Å². The van der Waals surface area contributed by atoms with E-state index in [1.54, 1.807) is 30.3 Å². The molecule has 0 saturated carbocycles. The van der Waals surface area contributed by atoms with Gasteiger partial charge >= 0.3 is 11.9 Å². The van der Waals surface area contributed by atoms with E-state index in [9.17, 15) is 34.2 Å². The molecule has 0 saturated heterocycles. The number of aliphatic carboxylic acids is 2. The van der Waals surface area contributed by atoms with Crippen LogP contribution in [0.2, 0.25) is 0 Å². The van der Waals surface area contributed by atoms with Crippen molar-refractivity contribution in [3.63, 3.8) is 0 Å². The van der Waals surface area contributed by atoms with E-state index in [0.29, 0.717) is 24.9 Å². The maximum atomic E-state index is 13.0. The van der Waals surface area contributed by atoms with Gasteiger partial charge in [0, 0.05) is 6.42 Å². The summed E-state index contributed by atoms with van der Waals surface area (Å²) < 4.78 is 0. The summed E-state index contributed by atoms with van der Waals surface area (Å²) in [6.45, 7) is 1.59. The zero-order valence-corrected chi connectivity index (χ0v) is 20.1. The van der Waals surface area contributed by atoms with Crippen LogP contribution in [0.25, 0.3) is 0 Å². The van der Waals surface area contributed by atoms with E-state index in [1.165, 1.54) is 6.92 Å². The number of amides is 3. The Balaban J connectivity index is 3.06. The molecule has 13 nitrogen and oxygen atoms in total. The fourth-order valence-corrected chi connectivity index (χ4v) is 3.29. The van der Waals surface area contributed by atoms with E-state index in [4.69, 9.17) is 16.6 Å². The number of carbonyl (C=O) groups excluding carboxylic acids is 3. The summed E-state index contributed by atoms with van der Waals surface area (Å²) in [4.78, 5) is 60.6. The Morgan fingerprint density at radius 3 is 2.03 bits per heavy atom. The summed E-state index contributed by atoms with van der Waals surface area (Å²) in [6.07, 6.45) is -0.945. The van der Waals surface area contributed by atoms with Crippen LogP contribution in [-0.4, -0.2) is 81.8 Å². The molecule has 200 valence electrons. The van der Waals surface area contributed by atoms with Crippen molar-refractivity contribution in [2.45, 2.75) is 69.3 Å². The molecule has 13 heteroatoms. The number of hydrogen-bond acceptors (Lipinski definition) is 8. The lowest BCUT2D eigenvalue weighted by Crippen LogP contribution is -2.60. The number of benzene rings is 1. The zero-order chi connectivity index (χ0) is 27.3. The molecule has 0 fully saturated rings. The van der Waals surface area contributed by atoms with Gasteiger partial charge in [0.25, 0.3) is 0 Å². The van der Waals surface area contributed by atoms with Gasteiger partial charge in [-0.15, -0.1) is 0 Å². The number of aliphatic hydroxyl groups is 1. The molecule has 0 heterocycles. The van der Waals surface area contributed by atoms with Gasteiger partial charge in [0.1, 0.15) is 18.1 Å². The largest absolute Gasteiger partial charge is 0.481 e. The van der Waals surface area contributed by atoms with Crippen molar-refractivity contribution < 1.29 is 39.3 Å². The predicted octanol–water partition coefficient (Wildman–Crippen LogP) is -1.92. The molecular formula is C23H35N5O8. The van der Waals surface area contributed by atoms with Crippen molar-refractivity contribution in [3.05, 3.63) is 35.9 Å². The van der Waals surface area contributed by atoms with Crippen LogP contribution in [-0.2, 0) is 30.4 Å². The number of carbonyl (C=O) groups is 5. The normalized spacial score (nSPS) is 15.0. The first kappa shape index (κ1) is 30.5. The Labute approximate surface area is 208 Å². The zero-order valence-electron chi connectivity index (χ0n) is 20.1. The topological polar surface area (TPSA) is 234 Å². The van der Waals surface area contributed by atoms with Crippen molar-refractivity contribution in [1.82, 2.24) is 16.0 Å². The third-order valence-electron chi connectivity index (χ3n) is 5.27. The lowest BCUT2D eigenvalue weighted by molar-refractivity contribution is -0.142. The van der Waals surface area contributed by atoms with Gasteiger partial charge in [-0.25, -0.2) is 4.79 Å². The summed E-state index contributed by atoms with van der Waals surface area (Å²) in [5.41, 5.74) is 11.6. The molecule has 0 radical (unpaired) electrons. The number of carboxylic acids is 2. The Hall–Kier alpha value is -3.55. The van der Waals surface area contributed by atoms with Crippen LogP contribution in [0.4, 0.5) is 0 Å². The average Bonchev–Trinajstić information content (AvgIpc) is 2.81. The van der Waals surface area contributed by atoms with Crippen molar-refractivity contribution in [1.29, 1.82) is 0 Å². The van der Waals surface area contributed by atoms with Crippen LogP contribution >= 0.6 is 0 Å². The summed E-state index contributed by atoms with van der Waals surface area (Å²) in [6, 6.07) is 3.15. The van der Waals surface area contributed by atoms with Gasteiger partial charge in [-0.05, 0) is 38.3 Å². The van der Waals surface area contributed by atoms with Crippen LogP contribution in [0, 0.1) is 0 Å². The predicted molar refractivity (Wildman–Crippen MR) is 128 cm³/mol. The molecule has 0 aliphatic carbocycles. The van der Waals surface area contributed by atoms with Crippen LogP contribution < -0.4 is 27.4 Å². The molecule has 0 aliphatic heterocycles. The Bertz CT molecular complexity index is 896. The number of nitrogens with one attached hydrogen (secondary N) is 3. The average molecular weight is 510 g/mol. The van der Waals surface area contributed by atoms with Crippen LogP contribution in [0.5, 0.6) is 0 Å². The fourth-order valence-electron chi connectivity index (χ4n) is 3.29. The minimum absolute atomic E-state index is 0.00738. The highest BCUT2D eigenvalue weighted by Crippen LogP contribution is 2.07. The van der Waals surface area contributed by atoms with Crippen LogP contribution in [0.15, 0.2) is 30.3 Å². The standard InChI is InChI=1S/C23H35N5O8/c1-13(29)19(28-20(32)15(25)12-18(30)31)22(34)27-17(11-14-7-3-2-4-8-14)21(33)26-16(23(35)36)9-5-6-10-24/h2-4,7-8,13,15-17,19,29H,5-6,9-12,24-25H2,1H3,(H,26,33)(H,27,34)(H,28,32)(H,30,31)(H,35,36). The molecule has 3 amide bonds. The van der Waals surface area contributed by atoms with Gasteiger partial charge in [0.05, 0.1) is 18.6 Å². The maximum Gasteiger partial charge on any atom is 0.326 e. The number of aliphatic hydroxyl groups excluding tert-OH is 1. The monoisotopic (exact) mass is 509 g/mol. The minimum atomic E-state index is -1.55. The molecular weight excluding hydrogens is 474 g/mol. The quantitative estimate of drug-likeness (QED) is 0.115. The van der Waals surface area contributed by atoms with E-state index >= 15 is 0 Å². The first-order valence-electron chi connectivity index (χ1n) is 11.5. The fraction of sp³-hybridized carbons (Fsp3) is 0.522.